The molecular weight excluding hydrogens is 467 g/mol. The first-order valence-corrected chi connectivity index (χ1v) is 11.3. The van der Waals surface area contributed by atoms with Crippen LogP contribution in [-0.2, 0) is 9.59 Å². The van der Waals surface area contributed by atoms with Crippen molar-refractivity contribution < 1.29 is 28.7 Å². The van der Waals surface area contributed by atoms with Gasteiger partial charge in [-0.2, -0.15) is 0 Å². The molecule has 1 aliphatic heterocycles. The summed E-state index contributed by atoms with van der Waals surface area (Å²) in [6.07, 6.45) is 0.0704. The van der Waals surface area contributed by atoms with Crippen LogP contribution < -0.4 is 15.5 Å². The Morgan fingerprint density at radius 2 is 1.64 bits per heavy atom. The molecular formula is C26H29FN4O5. The number of likely N-dealkylation sites (tertiary alicyclic amines) is 1. The van der Waals surface area contributed by atoms with Gasteiger partial charge in [0, 0.05) is 50.4 Å². The number of alkyl halides is 1. The number of hydroxylamine groups is 1. The van der Waals surface area contributed by atoms with E-state index in [4.69, 9.17) is 9.94 Å². The van der Waals surface area contributed by atoms with Gasteiger partial charge >= 0.3 is 0 Å². The van der Waals surface area contributed by atoms with E-state index < -0.39 is 23.3 Å². The Morgan fingerprint density at radius 1 is 1.08 bits per heavy atom. The van der Waals surface area contributed by atoms with Crippen LogP contribution in [0.2, 0.25) is 0 Å². The SMILES string of the molecule is CNC(=O)[C@@](C)(C(=O)NO)N(C)C(=O)c1ccc(C#Cc2ccc(OC3CN(CCF)C3)cc2)cc1. The molecule has 190 valence electrons. The van der Waals surface area contributed by atoms with Crippen molar-refractivity contribution in [2.45, 2.75) is 18.6 Å². The summed E-state index contributed by atoms with van der Waals surface area (Å²) in [4.78, 5) is 40.3. The molecule has 1 atom stereocenters. The van der Waals surface area contributed by atoms with Crippen molar-refractivity contribution in [3.05, 3.63) is 65.2 Å². The van der Waals surface area contributed by atoms with Gasteiger partial charge in [0.25, 0.3) is 17.7 Å². The lowest BCUT2D eigenvalue weighted by molar-refractivity contribution is -0.148. The molecule has 1 heterocycles. The molecule has 9 nitrogen and oxygen atoms in total. The van der Waals surface area contributed by atoms with Gasteiger partial charge in [-0.1, -0.05) is 11.8 Å². The van der Waals surface area contributed by atoms with E-state index in [2.05, 4.69) is 17.2 Å². The molecule has 2 aromatic rings. The lowest BCUT2D eigenvalue weighted by Gasteiger charge is -2.38. The maximum Gasteiger partial charge on any atom is 0.278 e. The molecule has 3 rings (SSSR count). The van der Waals surface area contributed by atoms with Crippen LogP contribution in [0.15, 0.2) is 48.5 Å². The maximum atomic E-state index is 12.9. The lowest BCUT2D eigenvalue weighted by Crippen LogP contribution is -2.64. The highest BCUT2D eigenvalue weighted by Crippen LogP contribution is 2.20. The molecule has 36 heavy (non-hydrogen) atoms. The third-order valence-corrected chi connectivity index (χ3v) is 6.15. The molecule has 1 aliphatic rings. The number of amides is 3. The van der Waals surface area contributed by atoms with E-state index in [9.17, 15) is 18.8 Å². The number of halogens is 1. The molecule has 2 aromatic carbocycles. The van der Waals surface area contributed by atoms with Crippen LogP contribution in [0.3, 0.4) is 0 Å². The standard InChI is InChI=1S/C26H29FN4O5/c1-26(24(33)28-2,25(34)29-35)30(3)23(32)20-10-6-18(7-11-20)4-5-19-8-12-21(13-9-19)36-22-16-31(17-22)15-14-27/h6-13,22,35H,14-17H2,1-3H3,(H,28,33)(H,29,34)/t26-/m0/s1. The third kappa shape index (κ3) is 5.82. The van der Waals surface area contributed by atoms with Crippen LogP contribution >= 0.6 is 0 Å². The predicted octanol–water partition coefficient (Wildman–Crippen LogP) is 1.20. The van der Waals surface area contributed by atoms with Crippen molar-refractivity contribution in [3.63, 3.8) is 0 Å². The molecule has 0 unspecified atom stereocenters. The minimum atomic E-state index is -1.96. The highest BCUT2D eigenvalue weighted by atomic mass is 19.1. The molecule has 0 spiro atoms. The van der Waals surface area contributed by atoms with E-state index in [0.717, 1.165) is 29.3 Å². The summed E-state index contributed by atoms with van der Waals surface area (Å²) in [5.41, 5.74) is 1.17. The molecule has 0 saturated carbocycles. The first-order chi connectivity index (χ1) is 17.2. The maximum absolute atomic E-state index is 12.9. The summed E-state index contributed by atoms with van der Waals surface area (Å²) in [6.45, 7) is 2.77. The second-order valence-corrected chi connectivity index (χ2v) is 8.50. The molecule has 1 fully saturated rings. The minimum Gasteiger partial charge on any atom is -0.488 e. The lowest BCUT2D eigenvalue weighted by atomic mass is 9.96. The summed E-state index contributed by atoms with van der Waals surface area (Å²) in [5.74, 6) is 4.43. The molecule has 10 heteroatoms. The van der Waals surface area contributed by atoms with Crippen molar-refractivity contribution in [1.29, 1.82) is 0 Å². The monoisotopic (exact) mass is 496 g/mol. The predicted molar refractivity (Wildman–Crippen MR) is 130 cm³/mol. The Balaban J connectivity index is 1.63. The number of hydrogen-bond donors (Lipinski definition) is 3. The van der Waals surface area contributed by atoms with E-state index >= 15 is 0 Å². The van der Waals surface area contributed by atoms with Gasteiger partial charge < -0.3 is 15.0 Å². The first-order valence-electron chi connectivity index (χ1n) is 11.3. The van der Waals surface area contributed by atoms with Gasteiger partial charge in [-0.05, 0) is 55.5 Å². The fraction of sp³-hybridized carbons (Fsp3) is 0.346. The topological polar surface area (TPSA) is 111 Å². The summed E-state index contributed by atoms with van der Waals surface area (Å²) >= 11 is 0. The van der Waals surface area contributed by atoms with Crippen LogP contribution in [0.4, 0.5) is 4.39 Å². The minimum absolute atomic E-state index is 0.0704. The summed E-state index contributed by atoms with van der Waals surface area (Å²) in [7, 11) is 2.63. The summed E-state index contributed by atoms with van der Waals surface area (Å²) in [6, 6.07) is 13.8. The van der Waals surface area contributed by atoms with Crippen molar-refractivity contribution in [2.24, 2.45) is 0 Å². The van der Waals surface area contributed by atoms with Gasteiger partial charge in [-0.15, -0.1) is 0 Å². The van der Waals surface area contributed by atoms with Crippen molar-refractivity contribution in [3.8, 4) is 17.6 Å². The largest absolute Gasteiger partial charge is 0.488 e. The highest BCUT2D eigenvalue weighted by Gasteiger charge is 2.47. The molecule has 1 saturated heterocycles. The van der Waals surface area contributed by atoms with Crippen molar-refractivity contribution in [1.82, 2.24) is 20.6 Å². The van der Waals surface area contributed by atoms with E-state index in [1.54, 1.807) is 24.3 Å². The van der Waals surface area contributed by atoms with E-state index in [1.165, 1.54) is 26.5 Å². The van der Waals surface area contributed by atoms with Crippen molar-refractivity contribution >= 4 is 17.7 Å². The number of nitrogens with zero attached hydrogens (tertiary/aromatic N) is 2. The van der Waals surface area contributed by atoms with Gasteiger partial charge in [-0.25, -0.2) is 9.87 Å². The second-order valence-electron chi connectivity index (χ2n) is 8.50. The van der Waals surface area contributed by atoms with E-state index in [1.807, 2.05) is 29.2 Å². The fourth-order valence-electron chi connectivity index (χ4n) is 3.71. The highest BCUT2D eigenvalue weighted by molar-refractivity contribution is 6.12. The van der Waals surface area contributed by atoms with Gasteiger partial charge in [0.05, 0.1) is 0 Å². The van der Waals surface area contributed by atoms with Crippen LogP contribution in [0.1, 0.15) is 28.4 Å². The zero-order valence-corrected chi connectivity index (χ0v) is 20.4. The average Bonchev–Trinajstić information content (AvgIpc) is 2.89. The fourth-order valence-corrected chi connectivity index (χ4v) is 3.71. The van der Waals surface area contributed by atoms with Crippen LogP contribution in [0.5, 0.6) is 5.75 Å². The Bertz CT molecular complexity index is 1140. The van der Waals surface area contributed by atoms with Gasteiger partial charge in [-0.3, -0.25) is 24.5 Å². The third-order valence-electron chi connectivity index (χ3n) is 6.15. The van der Waals surface area contributed by atoms with Gasteiger partial charge in [0.1, 0.15) is 18.5 Å². The Hall–Kier alpha value is -3.94. The first kappa shape index (κ1) is 26.7. The van der Waals surface area contributed by atoms with E-state index in [-0.39, 0.29) is 18.3 Å². The summed E-state index contributed by atoms with van der Waals surface area (Å²) < 4.78 is 18.2. The molecule has 0 aromatic heterocycles. The summed E-state index contributed by atoms with van der Waals surface area (Å²) in [5, 5.41) is 11.4. The number of rotatable bonds is 8. The Kier molecular flexibility index (Phi) is 8.64. The van der Waals surface area contributed by atoms with E-state index in [0.29, 0.717) is 12.1 Å². The molecule has 0 radical (unpaired) electrons. The Morgan fingerprint density at radius 3 is 2.14 bits per heavy atom. The van der Waals surface area contributed by atoms with Crippen LogP contribution in [-0.4, -0.2) is 84.8 Å². The number of carbonyl (C=O) groups excluding carboxylic acids is 3. The number of carbonyl (C=O) groups is 3. The molecule has 0 bridgehead atoms. The quantitative estimate of drug-likeness (QED) is 0.219. The number of ether oxygens (including phenoxy) is 1. The molecule has 3 amide bonds. The number of nitrogens with one attached hydrogen (secondary N) is 2. The van der Waals surface area contributed by atoms with Crippen LogP contribution in [0.25, 0.3) is 0 Å². The Labute approximate surface area is 209 Å². The zero-order valence-electron chi connectivity index (χ0n) is 20.4. The normalized spacial score (nSPS) is 14.9. The van der Waals surface area contributed by atoms with Crippen LogP contribution in [0, 0.1) is 11.8 Å². The van der Waals surface area contributed by atoms with Crippen molar-refractivity contribution in [2.75, 3.05) is 40.4 Å². The average molecular weight is 497 g/mol. The van der Waals surface area contributed by atoms with Gasteiger partial charge in [0.15, 0.2) is 5.54 Å². The number of hydrogen-bond acceptors (Lipinski definition) is 6. The molecule has 3 N–H and O–H groups in total. The second kappa shape index (κ2) is 11.7. The molecule has 0 aliphatic carbocycles. The number of benzene rings is 2. The zero-order chi connectivity index (χ0) is 26.3. The number of likely N-dealkylation sites (N-methyl/N-ethyl adjacent to an activating group) is 2. The smallest absolute Gasteiger partial charge is 0.278 e. The van der Waals surface area contributed by atoms with Gasteiger partial charge in [0.2, 0.25) is 0 Å².